The molecule has 0 saturated heterocycles. The van der Waals surface area contributed by atoms with Crippen LogP contribution in [0.4, 0.5) is 4.39 Å². The van der Waals surface area contributed by atoms with Crippen LogP contribution in [0.25, 0.3) is 33.3 Å². The third-order valence-corrected chi connectivity index (χ3v) is 7.34. The summed E-state index contributed by atoms with van der Waals surface area (Å²) in [7, 11) is -2.75. The van der Waals surface area contributed by atoms with E-state index >= 15 is 0 Å². The van der Waals surface area contributed by atoms with Crippen LogP contribution in [0.2, 0.25) is 0 Å². The van der Waals surface area contributed by atoms with Crippen LogP contribution in [-0.4, -0.2) is 25.9 Å². The number of nitrogens with one attached hydrogen (secondary N) is 2. The Labute approximate surface area is 214 Å². The highest BCUT2D eigenvalue weighted by Gasteiger charge is 2.14. The Morgan fingerprint density at radius 2 is 1.68 bits per heavy atom. The molecule has 0 radical (unpaired) electrons. The number of hydrogen-bond acceptors (Lipinski definition) is 4. The molecule has 5 aromatic rings. The van der Waals surface area contributed by atoms with Crippen molar-refractivity contribution in [2.45, 2.75) is 18.0 Å². The topological polar surface area (TPSA) is 87.8 Å². The zero-order valence-electron chi connectivity index (χ0n) is 20.1. The molecule has 6 nitrogen and oxygen atoms in total. The molecule has 0 aliphatic heterocycles. The second kappa shape index (κ2) is 9.99. The summed E-state index contributed by atoms with van der Waals surface area (Å²) in [5.41, 5.74) is 5.07. The molecule has 2 heterocycles. The summed E-state index contributed by atoms with van der Waals surface area (Å²) in [6.45, 7) is 0.351. The van der Waals surface area contributed by atoms with Crippen molar-refractivity contribution in [2.75, 3.05) is 6.26 Å². The third-order valence-electron chi connectivity index (χ3n) is 6.16. The lowest BCUT2D eigenvalue weighted by atomic mass is 10.1. The Hall–Kier alpha value is -4.30. The fraction of sp³-hybridized carbons (Fsp3) is 0.103. The summed E-state index contributed by atoms with van der Waals surface area (Å²) in [5, 5.41) is 3.66. The molecular weight excluding hydrogens is 487 g/mol. The van der Waals surface area contributed by atoms with E-state index in [1.807, 2.05) is 65.2 Å². The summed E-state index contributed by atoms with van der Waals surface area (Å²) >= 11 is 0. The average Bonchev–Trinajstić information content (AvgIpc) is 3.25. The van der Waals surface area contributed by atoms with Gasteiger partial charge in [-0.15, -0.1) is 0 Å². The van der Waals surface area contributed by atoms with Gasteiger partial charge in [0.05, 0.1) is 22.0 Å². The lowest BCUT2D eigenvalue weighted by Gasteiger charge is -2.12. The SMILES string of the molecule is CS(=N)(=O)c1ccc(-c2ccc(CNC(=O)Cn3c(-c4ccccc4)cc4cc(F)ccc43)nc2)cc1. The zero-order valence-corrected chi connectivity index (χ0v) is 21.0. The number of amides is 1. The molecule has 3 aromatic carbocycles. The van der Waals surface area contributed by atoms with Crippen molar-refractivity contribution >= 4 is 26.5 Å². The maximum absolute atomic E-state index is 13.8. The molecular formula is C29H25FN4O2S. The highest BCUT2D eigenvalue weighted by Crippen LogP contribution is 2.29. The largest absolute Gasteiger partial charge is 0.349 e. The number of carbonyl (C=O) groups excluding carboxylic acids is 1. The number of pyridine rings is 1. The van der Waals surface area contributed by atoms with Crippen molar-refractivity contribution in [1.82, 2.24) is 14.9 Å². The minimum Gasteiger partial charge on any atom is -0.349 e. The molecule has 1 unspecified atom stereocenters. The second-order valence-corrected chi connectivity index (χ2v) is 11.0. The van der Waals surface area contributed by atoms with Crippen LogP contribution in [0.1, 0.15) is 5.69 Å². The predicted octanol–water partition coefficient (Wildman–Crippen LogP) is 5.86. The molecule has 0 saturated carbocycles. The summed E-state index contributed by atoms with van der Waals surface area (Å²) < 4.78 is 35.3. The lowest BCUT2D eigenvalue weighted by Crippen LogP contribution is -2.27. The van der Waals surface area contributed by atoms with Gasteiger partial charge in [-0.05, 0) is 53.6 Å². The first-order valence-corrected chi connectivity index (χ1v) is 13.6. The lowest BCUT2D eigenvalue weighted by molar-refractivity contribution is -0.121. The Bertz CT molecular complexity index is 1680. The van der Waals surface area contributed by atoms with Gasteiger partial charge >= 0.3 is 0 Å². The summed E-state index contributed by atoms with van der Waals surface area (Å²) in [6.07, 6.45) is 3.12. The Morgan fingerprint density at radius 3 is 2.35 bits per heavy atom. The highest BCUT2D eigenvalue weighted by molar-refractivity contribution is 7.91. The van der Waals surface area contributed by atoms with E-state index in [0.29, 0.717) is 10.6 Å². The number of hydrogen-bond donors (Lipinski definition) is 2. The number of nitrogens with zero attached hydrogens (tertiary/aromatic N) is 2. The summed E-state index contributed by atoms with van der Waals surface area (Å²) in [6, 6.07) is 27.0. The molecule has 2 aromatic heterocycles. The molecule has 0 aliphatic carbocycles. The average molecular weight is 513 g/mol. The fourth-order valence-electron chi connectivity index (χ4n) is 4.26. The normalized spacial score (nSPS) is 12.8. The molecule has 8 heteroatoms. The van der Waals surface area contributed by atoms with Gasteiger partial charge in [0.25, 0.3) is 0 Å². The van der Waals surface area contributed by atoms with Crippen molar-refractivity contribution in [3.05, 3.63) is 109 Å². The molecule has 1 atom stereocenters. The number of benzene rings is 3. The van der Waals surface area contributed by atoms with E-state index in [4.69, 9.17) is 4.78 Å². The van der Waals surface area contributed by atoms with Crippen molar-refractivity contribution < 1.29 is 13.4 Å². The summed E-state index contributed by atoms with van der Waals surface area (Å²) in [4.78, 5) is 17.9. The van der Waals surface area contributed by atoms with Crippen LogP contribution < -0.4 is 5.32 Å². The van der Waals surface area contributed by atoms with Crippen molar-refractivity contribution in [3.63, 3.8) is 0 Å². The van der Waals surface area contributed by atoms with E-state index < -0.39 is 9.73 Å². The van der Waals surface area contributed by atoms with Crippen LogP contribution in [0, 0.1) is 10.6 Å². The van der Waals surface area contributed by atoms with Gasteiger partial charge < -0.3 is 9.88 Å². The van der Waals surface area contributed by atoms with Crippen molar-refractivity contribution in [3.8, 4) is 22.4 Å². The van der Waals surface area contributed by atoms with Gasteiger partial charge in [0, 0.05) is 39.5 Å². The molecule has 1 amide bonds. The summed E-state index contributed by atoms with van der Waals surface area (Å²) in [5.74, 6) is -0.500. The van der Waals surface area contributed by atoms with Gasteiger partial charge in [-0.25, -0.2) is 13.4 Å². The zero-order chi connectivity index (χ0) is 26.0. The predicted molar refractivity (Wildman–Crippen MR) is 144 cm³/mol. The van der Waals surface area contributed by atoms with E-state index in [9.17, 15) is 13.4 Å². The van der Waals surface area contributed by atoms with Crippen LogP contribution in [0.3, 0.4) is 0 Å². The van der Waals surface area contributed by atoms with E-state index in [1.165, 1.54) is 18.4 Å². The Kier molecular flexibility index (Phi) is 6.58. The van der Waals surface area contributed by atoms with Crippen LogP contribution in [0.5, 0.6) is 0 Å². The molecule has 0 bridgehead atoms. The molecule has 0 fully saturated rings. The molecule has 0 aliphatic rings. The van der Waals surface area contributed by atoms with Crippen LogP contribution >= 0.6 is 0 Å². The van der Waals surface area contributed by atoms with Gasteiger partial charge in [-0.2, -0.15) is 0 Å². The molecule has 2 N–H and O–H groups in total. The fourth-order valence-corrected chi connectivity index (χ4v) is 4.91. The Balaban J connectivity index is 1.29. The first-order valence-electron chi connectivity index (χ1n) is 11.7. The van der Waals surface area contributed by atoms with Gasteiger partial charge in [0.1, 0.15) is 12.4 Å². The van der Waals surface area contributed by atoms with Gasteiger partial charge in [0.15, 0.2) is 0 Å². The number of carbonyl (C=O) groups is 1. The maximum atomic E-state index is 13.8. The minimum absolute atomic E-state index is 0.0837. The number of fused-ring (bicyclic) bond motifs is 1. The van der Waals surface area contributed by atoms with Gasteiger partial charge in [-0.3, -0.25) is 9.78 Å². The third kappa shape index (κ3) is 5.44. The highest BCUT2D eigenvalue weighted by atomic mass is 32.2. The van der Waals surface area contributed by atoms with Crippen LogP contribution in [-0.2, 0) is 27.6 Å². The number of aromatic nitrogens is 2. The van der Waals surface area contributed by atoms with E-state index in [-0.39, 0.29) is 24.8 Å². The number of halogens is 1. The number of rotatable bonds is 7. The van der Waals surface area contributed by atoms with E-state index in [1.54, 1.807) is 24.4 Å². The van der Waals surface area contributed by atoms with Crippen molar-refractivity contribution in [1.29, 1.82) is 4.78 Å². The minimum atomic E-state index is -2.75. The molecule has 186 valence electrons. The van der Waals surface area contributed by atoms with Gasteiger partial charge in [0.2, 0.25) is 5.91 Å². The maximum Gasteiger partial charge on any atom is 0.240 e. The molecule has 0 spiro atoms. The molecule has 5 rings (SSSR count). The van der Waals surface area contributed by atoms with Crippen molar-refractivity contribution in [2.24, 2.45) is 0 Å². The Morgan fingerprint density at radius 1 is 0.946 bits per heavy atom. The van der Waals surface area contributed by atoms with Crippen LogP contribution in [0.15, 0.2) is 102 Å². The molecule has 37 heavy (non-hydrogen) atoms. The first-order chi connectivity index (χ1) is 17.8. The van der Waals surface area contributed by atoms with E-state index in [2.05, 4.69) is 10.3 Å². The first kappa shape index (κ1) is 24.4. The van der Waals surface area contributed by atoms with Gasteiger partial charge in [-0.1, -0.05) is 48.5 Å². The van der Waals surface area contributed by atoms with E-state index in [0.717, 1.165) is 33.3 Å². The standard InChI is InChI=1S/C29H25FN4O2S/c1-37(31,36)26-12-8-20(9-13-26)22-7-11-25(32-17-22)18-33-29(35)19-34-27-14-10-24(30)15-23(27)16-28(34)21-5-3-2-4-6-21/h2-17,31H,18-19H2,1H3,(H,33,35). The quantitative estimate of drug-likeness (QED) is 0.286. The second-order valence-electron chi connectivity index (χ2n) is 8.87. The smallest absolute Gasteiger partial charge is 0.240 e. The monoisotopic (exact) mass is 512 g/mol.